The molecule has 5 nitrogen and oxygen atoms in total. The van der Waals surface area contributed by atoms with Crippen LogP contribution in [0.25, 0.3) is 0 Å². The maximum Gasteiger partial charge on any atom is 0.256 e. The van der Waals surface area contributed by atoms with E-state index in [0.29, 0.717) is 10.1 Å². The third-order valence-electron chi connectivity index (χ3n) is 3.58. The number of nitrogens with zero attached hydrogens (tertiary/aromatic N) is 1. The SMILES string of the molecule is CCCN(S(=O)(=O)c1ccc(C)cc1)S(=O)(=O)c1ccc(C)cc1. The number of rotatable bonds is 6. The van der Waals surface area contributed by atoms with Gasteiger partial charge in [0.05, 0.1) is 9.79 Å². The summed E-state index contributed by atoms with van der Waals surface area (Å²) in [5, 5.41) is 0. The molecule has 0 amide bonds. The van der Waals surface area contributed by atoms with E-state index in [0.717, 1.165) is 11.1 Å². The van der Waals surface area contributed by atoms with E-state index in [1.165, 1.54) is 24.3 Å². The van der Waals surface area contributed by atoms with Crippen molar-refractivity contribution in [3.8, 4) is 0 Å². The normalized spacial score (nSPS) is 12.5. The molecule has 0 unspecified atom stereocenters. The zero-order valence-electron chi connectivity index (χ0n) is 13.9. The van der Waals surface area contributed by atoms with E-state index < -0.39 is 20.0 Å². The molecule has 0 aliphatic rings. The van der Waals surface area contributed by atoms with Gasteiger partial charge in [-0.05, 0) is 44.5 Å². The summed E-state index contributed by atoms with van der Waals surface area (Å²) in [6.07, 6.45) is 0.385. The van der Waals surface area contributed by atoms with Crippen molar-refractivity contribution in [1.29, 1.82) is 0 Å². The Morgan fingerprint density at radius 1 is 0.708 bits per heavy atom. The largest absolute Gasteiger partial charge is 0.256 e. The van der Waals surface area contributed by atoms with Gasteiger partial charge >= 0.3 is 0 Å². The summed E-state index contributed by atoms with van der Waals surface area (Å²) in [6.45, 7) is 5.31. The first kappa shape index (κ1) is 18.6. The maximum absolute atomic E-state index is 12.9. The molecule has 0 aliphatic carbocycles. The fourth-order valence-electron chi connectivity index (χ4n) is 2.21. The van der Waals surface area contributed by atoms with Crippen LogP contribution in [0.15, 0.2) is 58.3 Å². The number of benzene rings is 2. The molecule has 0 radical (unpaired) electrons. The van der Waals surface area contributed by atoms with Crippen LogP contribution in [0.3, 0.4) is 0 Å². The van der Waals surface area contributed by atoms with E-state index >= 15 is 0 Å². The molecule has 130 valence electrons. The lowest BCUT2D eigenvalue weighted by Crippen LogP contribution is -2.37. The summed E-state index contributed by atoms with van der Waals surface area (Å²) < 4.78 is 52.1. The van der Waals surface area contributed by atoms with Crippen molar-refractivity contribution >= 4 is 20.0 Å². The Hall–Kier alpha value is -1.70. The zero-order valence-corrected chi connectivity index (χ0v) is 15.6. The van der Waals surface area contributed by atoms with Crippen LogP contribution in [0.5, 0.6) is 0 Å². The minimum atomic E-state index is -4.15. The van der Waals surface area contributed by atoms with E-state index in [9.17, 15) is 16.8 Å². The number of hydrogen-bond donors (Lipinski definition) is 0. The highest BCUT2D eigenvalue weighted by atomic mass is 32.3. The quantitative estimate of drug-likeness (QED) is 0.786. The molecule has 0 N–H and O–H groups in total. The lowest BCUT2D eigenvalue weighted by atomic mass is 10.2. The van der Waals surface area contributed by atoms with Crippen LogP contribution in [0.1, 0.15) is 24.5 Å². The second-order valence-corrected chi connectivity index (χ2v) is 9.59. The Morgan fingerprint density at radius 3 is 1.33 bits per heavy atom. The third-order valence-corrected chi connectivity index (χ3v) is 7.93. The smallest absolute Gasteiger partial charge is 0.206 e. The van der Waals surface area contributed by atoms with Crippen molar-refractivity contribution in [1.82, 2.24) is 3.71 Å². The van der Waals surface area contributed by atoms with Gasteiger partial charge in [-0.1, -0.05) is 46.0 Å². The standard InChI is InChI=1S/C17H21NO4S2/c1-4-13-18(23(19,20)16-9-5-14(2)6-10-16)24(21,22)17-11-7-15(3)8-12-17/h5-12H,4,13H2,1-3H3. The van der Waals surface area contributed by atoms with Crippen molar-refractivity contribution in [2.24, 2.45) is 0 Å². The van der Waals surface area contributed by atoms with Gasteiger partial charge in [-0.15, -0.1) is 0 Å². The second-order valence-electron chi connectivity index (χ2n) is 5.63. The molecule has 0 heterocycles. The van der Waals surface area contributed by atoms with Crippen LogP contribution in [-0.4, -0.2) is 27.1 Å². The fraction of sp³-hybridized carbons (Fsp3) is 0.294. The van der Waals surface area contributed by atoms with Gasteiger partial charge in [0, 0.05) is 6.54 Å². The Morgan fingerprint density at radius 2 is 1.04 bits per heavy atom. The monoisotopic (exact) mass is 367 g/mol. The second kappa shape index (κ2) is 7.04. The van der Waals surface area contributed by atoms with Gasteiger partial charge < -0.3 is 0 Å². The van der Waals surface area contributed by atoms with Crippen molar-refractivity contribution in [2.45, 2.75) is 37.0 Å². The number of sulfonamides is 2. The lowest BCUT2D eigenvalue weighted by molar-refractivity contribution is 0.495. The van der Waals surface area contributed by atoms with Gasteiger partial charge in [-0.3, -0.25) is 0 Å². The summed E-state index contributed by atoms with van der Waals surface area (Å²) in [4.78, 5) is -0.0607. The first-order valence-electron chi connectivity index (χ1n) is 7.61. The molecular formula is C17H21NO4S2. The summed E-state index contributed by atoms with van der Waals surface area (Å²) in [7, 11) is -8.30. The van der Waals surface area contributed by atoms with Crippen LogP contribution in [-0.2, 0) is 20.0 Å². The topological polar surface area (TPSA) is 71.5 Å². The molecule has 0 atom stereocenters. The van der Waals surface area contributed by atoms with Crippen LogP contribution >= 0.6 is 0 Å². The predicted octanol–water partition coefficient (Wildman–Crippen LogP) is 3.09. The van der Waals surface area contributed by atoms with Crippen LogP contribution in [0.2, 0.25) is 0 Å². The molecular weight excluding hydrogens is 346 g/mol. The molecule has 2 rings (SSSR count). The number of hydrogen-bond acceptors (Lipinski definition) is 4. The predicted molar refractivity (Wildman–Crippen MR) is 93.7 cm³/mol. The first-order valence-corrected chi connectivity index (χ1v) is 10.5. The van der Waals surface area contributed by atoms with Crippen molar-refractivity contribution in [2.75, 3.05) is 6.54 Å². The molecule has 0 aliphatic heterocycles. The molecule has 0 saturated heterocycles. The Kier molecular flexibility index (Phi) is 5.47. The molecule has 0 aromatic heterocycles. The summed E-state index contributed by atoms with van der Waals surface area (Å²) in [5.41, 5.74) is 1.80. The highest BCUT2D eigenvalue weighted by molar-refractivity contribution is 8.04. The average Bonchev–Trinajstić information content (AvgIpc) is 2.53. The summed E-state index contributed by atoms with van der Waals surface area (Å²) in [5.74, 6) is 0. The Labute approximate surface area is 144 Å². The van der Waals surface area contributed by atoms with Crippen LogP contribution < -0.4 is 0 Å². The Balaban J connectivity index is 2.55. The van der Waals surface area contributed by atoms with E-state index in [2.05, 4.69) is 0 Å². The van der Waals surface area contributed by atoms with Crippen LogP contribution in [0, 0.1) is 13.8 Å². The van der Waals surface area contributed by atoms with Crippen LogP contribution in [0.4, 0.5) is 0 Å². The fourth-order valence-corrected chi connectivity index (χ4v) is 6.03. The highest BCUT2D eigenvalue weighted by Crippen LogP contribution is 2.25. The van der Waals surface area contributed by atoms with E-state index in [-0.39, 0.29) is 16.3 Å². The van der Waals surface area contributed by atoms with E-state index in [1.54, 1.807) is 31.2 Å². The molecule has 0 spiro atoms. The molecule has 0 bridgehead atoms. The first-order chi connectivity index (χ1) is 11.2. The molecule has 0 saturated carbocycles. The molecule has 0 fully saturated rings. The van der Waals surface area contributed by atoms with Gasteiger partial charge in [0.2, 0.25) is 0 Å². The minimum Gasteiger partial charge on any atom is -0.206 e. The zero-order chi connectivity index (χ0) is 18.0. The van der Waals surface area contributed by atoms with Gasteiger partial charge in [0.15, 0.2) is 0 Å². The summed E-state index contributed by atoms with van der Waals surface area (Å²) >= 11 is 0. The van der Waals surface area contributed by atoms with Crippen molar-refractivity contribution in [3.63, 3.8) is 0 Å². The third kappa shape index (κ3) is 3.68. The van der Waals surface area contributed by atoms with Crippen molar-refractivity contribution < 1.29 is 16.8 Å². The van der Waals surface area contributed by atoms with Gasteiger partial charge in [-0.25, -0.2) is 16.8 Å². The number of aryl methyl sites for hydroxylation is 2. The van der Waals surface area contributed by atoms with Gasteiger partial charge in [0.25, 0.3) is 20.0 Å². The lowest BCUT2D eigenvalue weighted by Gasteiger charge is -2.21. The van der Waals surface area contributed by atoms with Gasteiger partial charge in [-0.2, -0.15) is 0 Å². The average molecular weight is 367 g/mol. The molecule has 2 aromatic rings. The maximum atomic E-state index is 12.9. The van der Waals surface area contributed by atoms with Gasteiger partial charge in [0.1, 0.15) is 0 Å². The van der Waals surface area contributed by atoms with E-state index in [1.807, 2.05) is 13.8 Å². The minimum absolute atomic E-state index is 0.0303. The van der Waals surface area contributed by atoms with E-state index in [4.69, 9.17) is 0 Å². The molecule has 7 heteroatoms. The van der Waals surface area contributed by atoms with Crippen molar-refractivity contribution in [3.05, 3.63) is 59.7 Å². The summed E-state index contributed by atoms with van der Waals surface area (Å²) in [6, 6.07) is 12.3. The molecule has 24 heavy (non-hydrogen) atoms. The molecule has 2 aromatic carbocycles. The Bertz CT molecular complexity index is 825. The highest BCUT2D eigenvalue weighted by Gasteiger charge is 2.35.